The largest absolute Gasteiger partial charge is 0.454 e. The molecule has 0 spiro atoms. The van der Waals surface area contributed by atoms with E-state index in [9.17, 15) is 13.9 Å². The van der Waals surface area contributed by atoms with Crippen molar-refractivity contribution in [2.75, 3.05) is 19.6 Å². The molecule has 25 heavy (non-hydrogen) atoms. The first-order valence-corrected chi connectivity index (χ1v) is 8.62. The molecule has 0 aromatic heterocycles. The van der Waals surface area contributed by atoms with Crippen LogP contribution in [0.1, 0.15) is 31.7 Å². The van der Waals surface area contributed by atoms with E-state index < -0.39 is 17.2 Å². The number of hydrogen-bond donors (Lipinski definition) is 1. The number of rotatable bonds is 6. The molecule has 3 nitrogen and oxygen atoms in total. The normalized spacial score (nSPS) is 17.4. The van der Waals surface area contributed by atoms with Crippen molar-refractivity contribution in [3.05, 3.63) is 59.7 Å². The van der Waals surface area contributed by atoms with Crippen molar-refractivity contribution in [3.63, 3.8) is 0 Å². The van der Waals surface area contributed by atoms with Crippen LogP contribution in [0.4, 0.5) is 8.78 Å². The van der Waals surface area contributed by atoms with Crippen LogP contribution in [0.5, 0.6) is 11.5 Å². The van der Waals surface area contributed by atoms with E-state index >= 15 is 0 Å². The average Bonchev–Trinajstić information content (AvgIpc) is 3.10. The Morgan fingerprint density at radius 1 is 1.08 bits per heavy atom. The molecular weight excluding hydrogens is 324 g/mol. The zero-order valence-electron chi connectivity index (χ0n) is 14.3. The molecule has 1 aliphatic heterocycles. The number of likely N-dealkylation sites (tertiary alicyclic amines) is 1. The maximum Gasteiger partial charge on any atom is 0.168 e. The lowest BCUT2D eigenvalue weighted by atomic mass is 9.92. The highest BCUT2D eigenvalue weighted by Gasteiger charge is 2.24. The monoisotopic (exact) mass is 347 g/mol. The van der Waals surface area contributed by atoms with E-state index in [1.807, 2.05) is 0 Å². The fraction of sp³-hybridized carbons (Fsp3) is 0.400. The Bertz CT molecular complexity index is 710. The lowest BCUT2D eigenvalue weighted by Gasteiger charge is -2.26. The smallest absolute Gasteiger partial charge is 0.168 e. The highest BCUT2D eigenvalue weighted by Crippen LogP contribution is 2.30. The first-order valence-electron chi connectivity index (χ1n) is 8.62. The minimum atomic E-state index is -0.928. The fourth-order valence-corrected chi connectivity index (χ4v) is 3.09. The Balaban J connectivity index is 1.64. The molecule has 1 unspecified atom stereocenters. The summed E-state index contributed by atoms with van der Waals surface area (Å²) in [4.78, 5) is 2.36. The maximum absolute atomic E-state index is 13.6. The average molecular weight is 347 g/mol. The molecule has 0 aliphatic carbocycles. The molecular formula is C20H23F2NO2. The van der Waals surface area contributed by atoms with Crippen molar-refractivity contribution in [2.24, 2.45) is 0 Å². The molecule has 5 heteroatoms. The van der Waals surface area contributed by atoms with Gasteiger partial charge in [-0.3, -0.25) is 0 Å². The number of hydrogen-bond acceptors (Lipinski definition) is 3. The molecule has 0 radical (unpaired) electrons. The van der Waals surface area contributed by atoms with Crippen LogP contribution in [0.25, 0.3) is 0 Å². The van der Waals surface area contributed by atoms with Gasteiger partial charge in [0.25, 0.3) is 0 Å². The Labute approximate surface area is 146 Å². The second-order valence-electron chi connectivity index (χ2n) is 6.77. The standard InChI is InChI=1S/C20H23F2NO2/c1-20(24,10-13-23-11-2-3-12-23)15-4-7-17(8-5-15)25-19-9-6-16(21)14-18(19)22/h4-9,14,24H,2-3,10-13H2,1H3. The molecule has 2 aromatic rings. The van der Waals surface area contributed by atoms with Crippen molar-refractivity contribution in [1.82, 2.24) is 4.90 Å². The van der Waals surface area contributed by atoms with Gasteiger partial charge in [-0.25, -0.2) is 8.78 Å². The summed E-state index contributed by atoms with van der Waals surface area (Å²) in [5, 5.41) is 10.7. The fourth-order valence-electron chi connectivity index (χ4n) is 3.09. The highest BCUT2D eigenvalue weighted by atomic mass is 19.1. The molecule has 0 bridgehead atoms. The number of benzene rings is 2. The van der Waals surface area contributed by atoms with Crippen molar-refractivity contribution in [1.29, 1.82) is 0 Å². The van der Waals surface area contributed by atoms with Gasteiger partial charge in [-0.1, -0.05) is 12.1 Å². The second kappa shape index (κ2) is 7.50. The summed E-state index contributed by atoms with van der Waals surface area (Å²) < 4.78 is 32.0. The lowest BCUT2D eigenvalue weighted by molar-refractivity contribution is 0.0382. The number of aliphatic hydroxyl groups is 1. The molecule has 0 saturated carbocycles. The molecule has 1 N–H and O–H groups in total. The van der Waals surface area contributed by atoms with Gasteiger partial charge in [0.1, 0.15) is 11.6 Å². The van der Waals surface area contributed by atoms with Crippen LogP contribution in [0.3, 0.4) is 0 Å². The van der Waals surface area contributed by atoms with E-state index in [-0.39, 0.29) is 5.75 Å². The van der Waals surface area contributed by atoms with Crippen LogP contribution < -0.4 is 4.74 Å². The second-order valence-corrected chi connectivity index (χ2v) is 6.77. The van der Waals surface area contributed by atoms with Gasteiger partial charge in [0.05, 0.1) is 5.60 Å². The van der Waals surface area contributed by atoms with Crippen LogP contribution >= 0.6 is 0 Å². The molecule has 1 heterocycles. The van der Waals surface area contributed by atoms with Crippen molar-refractivity contribution in [2.45, 2.75) is 31.8 Å². The van der Waals surface area contributed by atoms with Crippen LogP contribution in [-0.4, -0.2) is 29.6 Å². The van der Waals surface area contributed by atoms with Gasteiger partial charge < -0.3 is 14.7 Å². The minimum Gasteiger partial charge on any atom is -0.454 e. The third-order valence-corrected chi connectivity index (χ3v) is 4.71. The molecule has 2 aromatic carbocycles. The Morgan fingerprint density at radius 2 is 1.76 bits per heavy atom. The number of nitrogens with zero attached hydrogens (tertiary/aromatic N) is 1. The summed E-state index contributed by atoms with van der Waals surface area (Å²) in [6.07, 6.45) is 3.11. The predicted molar refractivity (Wildman–Crippen MR) is 92.7 cm³/mol. The van der Waals surface area contributed by atoms with Crippen molar-refractivity contribution in [3.8, 4) is 11.5 Å². The summed E-state index contributed by atoms with van der Waals surface area (Å²) >= 11 is 0. The lowest BCUT2D eigenvalue weighted by Crippen LogP contribution is -2.29. The van der Waals surface area contributed by atoms with Gasteiger partial charge in [0.2, 0.25) is 0 Å². The topological polar surface area (TPSA) is 32.7 Å². The van der Waals surface area contributed by atoms with E-state index in [2.05, 4.69) is 4.90 Å². The number of halogens is 2. The number of ether oxygens (including phenoxy) is 1. The molecule has 0 amide bonds. The van der Waals surface area contributed by atoms with Gasteiger partial charge in [-0.05, 0) is 69.1 Å². The highest BCUT2D eigenvalue weighted by molar-refractivity contribution is 5.35. The molecule has 1 fully saturated rings. The van der Waals surface area contributed by atoms with Crippen LogP contribution in [0, 0.1) is 11.6 Å². The van der Waals surface area contributed by atoms with E-state index in [0.29, 0.717) is 12.2 Å². The molecule has 1 saturated heterocycles. The Hall–Kier alpha value is -1.98. The molecule has 1 aliphatic rings. The van der Waals surface area contributed by atoms with E-state index in [1.165, 1.54) is 18.9 Å². The van der Waals surface area contributed by atoms with Gasteiger partial charge in [0.15, 0.2) is 11.6 Å². The van der Waals surface area contributed by atoms with E-state index in [1.54, 1.807) is 31.2 Å². The first-order chi connectivity index (χ1) is 11.9. The SMILES string of the molecule is CC(O)(CCN1CCCC1)c1ccc(Oc2ccc(F)cc2F)cc1. The summed E-state index contributed by atoms with van der Waals surface area (Å²) in [7, 11) is 0. The van der Waals surface area contributed by atoms with Gasteiger partial charge in [-0.2, -0.15) is 0 Å². The molecule has 3 rings (SSSR count). The van der Waals surface area contributed by atoms with Crippen molar-refractivity contribution >= 4 is 0 Å². The summed E-state index contributed by atoms with van der Waals surface area (Å²) in [5.74, 6) is -0.990. The Morgan fingerprint density at radius 3 is 2.40 bits per heavy atom. The van der Waals surface area contributed by atoms with Crippen LogP contribution in [-0.2, 0) is 5.60 Å². The third kappa shape index (κ3) is 4.55. The van der Waals surface area contributed by atoms with Crippen molar-refractivity contribution < 1.29 is 18.6 Å². The summed E-state index contributed by atoms with van der Waals surface area (Å²) in [6, 6.07) is 10.1. The molecule has 1 atom stereocenters. The van der Waals surface area contributed by atoms with Gasteiger partial charge in [0, 0.05) is 12.6 Å². The quantitative estimate of drug-likeness (QED) is 0.838. The van der Waals surface area contributed by atoms with Crippen LogP contribution in [0.2, 0.25) is 0 Å². The predicted octanol–water partition coefficient (Wildman–Crippen LogP) is 4.45. The third-order valence-electron chi connectivity index (χ3n) is 4.71. The Kier molecular flexibility index (Phi) is 5.35. The van der Waals surface area contributed by atoms with Gasteiger partial charge >= 0.3 is 0 Å². The first kappa shape index (κ1) is 17.8. The van der Waals surface area contributed by atoms with E-state index in [4.69, 9.17) is 4.74 Å². The van der Waals surface area contributed by atoms with Gasteiger partial charge in [-0.15, -0.1) is 0 Å². The minimum absolute atomic E-state index is 0.0325. The van der Waals surface area contributed by atoms with E-state index in [0.717, 1.165) is 37.3 Å². The summed E-state index contributed by atoms with van der Waals surface area (Å²) in [5.41, 5.74) is -0.138. The molecule has 134 valence electrons. The zero-order valence-corrected chi connectivity index (χ0v) is 14.3. The zero-order chi connectivity index (χ0) is 17.9. The maximum atomic E-state index is 13.6. The summed E-state index contributed by atoms with van der Waals surface area (Å²) in [6.45, 7) is 4.88. The van der Waals surface area contributed by atoms with Crippen LogP contribution in [0.15, 0.2) is 42.5 Å².